The average Bonchev–Trinajstić information content (AvgIpc) is 2.16. The molecule has 0 N–H and O–H groups in total. The molecule has 0 bridgehead atoms. The van der Waals surface area contributed by atoms with E-state index in [4.69, 9.17) is 0 Å². The molecule has 0 amide bonds. The predicted molar refractivity (Wildman–Crippen MR) is 57.5 cm³/mol. The van der Waals surface area contributed by atoms with Crippen molar-refractivity contribution < 1.29 is 13.2 Å². The number of rotatable bonds is 4. The Balaban J connectivity index is 5.06. The molecule has 0 fully saturated rings. The van der Waals surface area contributed by atoms with Crippen LogP contribution in [-0.2, 0) is 0 Å². The summed E-state index contributed by atoms with van der Waals surface area (Å²) in [5.41, 5.74) is 0.0145. The molecule has 0 nitrogen and oxygen atoms in total. The van der Waals surface area contributed by atoms with Crippen LogP contribution in [0.5, 0.6) is 0 Å². The molecule has 0 saturated heterocycles. The van der Waals surface area contributed by atoms with E-state index in [1.165, 1.54) is 6.08 Å². The van der Waals surface area contributed by atoms with Gasteiger partial charge in [0.2, 0.25) is 0 Å². The van der Waals surface area contributed by atoms with Crippen molar-refractivity contribution in [2.24, 2.45) is 5.92 Å². The molecule has 15 heavy (non-hydrogen) atoms. The second-order valence-electron chi connectivity index (χ2n) is 3.40. The van der Waals surface area contributed by atoms with E-state index in [9.17, 15) is 13.2 Å². The SMILES string of the molecule is C=C/C(=C\C(=C/C)C(C)CC)C(F)(F)F. The molecule has 0 aromatic carbocycles. The molecule has 0 heterocycles. The van der Waals surface area contributed by atoms with Gasteiger partial charge in [0.15, 0.2) is 0 Å². The first kappa shape index (κ1) is 14.0. The van der Waals surface area contributed by atoms with Crippen molar-refractivity contribution in [2.75, 3.05) is 0 Å². The van der Waals surface area contributed by atoms with Crippen LogP contribution in [0.2, 0.25) is 0 Å². The zero-order valence-electron chi connectivity index (χ0n) is 9.36. The number of hydrogen-bond donors (Lipinski definition) is 0. The van der Waals surface area contributed by atoms with Crippen molar-refractivity contribution in [3.8, 4) is 0 Å². The Morgan fingerprint density at radius 3 is 2.20 bits per heavy atom. The van der Waals surface area contributed by atoms with Gasteiger partial charge in [0.05, 0.1) is 5.57 Å². The molecule has 0 radical (unpaired) electrons. The summed E-state index contributed by atoms with van der Waals surface area (Å²) in [5, 5.41) is 0. The molecule has 0 aromatic rings. The molecular weight excluding hydrogens is 201 g/mol. The van der Waals surface area contributed by atoms with Crippen LogP contribution >= 0.6 is 0 Å². The van der Waals surface area contributed by atoms with Crippen LogP contribution in [-0.4, -0.2) is 6.18 Å². The van der Waals surface area contributed by atoms with Crippen molar-refractivity contribution in [2.45, 2.75) is 33.4 Å². The lowest BCUT2D eigenvalue weighted by molar-refractivity contribution is -0.0882. The van der Waals surface area contributed by atoms with Gasteiger partial charge in [0.25, 0.3) is 0 Å². The highest BCUT2D eigenvalue weighted by Gasteiger charge is 2.31. The highest BCUT2D eigenvalue weighted by molar-refractivity contribution is 5.33. The summed E-state index contributed by atoms with van der Waals surface area (Å²) in [7, 11) is 0. The predicted octanol–water partition coefficient (Wildman–Crippen LogP) is 4.65. The van der Waals surface area contributed by atoms with Crippen LogP contribution in [0.25, 0.3) is 0 Å². The first-order valence-electron chi connectivity index (χ1n) is 4.94. The van der Waals surface area contributed by atoms with Gasteiger partial charge < -0.3 is 0 Å². The van der Waals surface area contributed by atoms with Crippen LogP contribution in [0.3, 0.4) is 0 Å². The van der Waals surface area contributed by atoms with E-state index in [-0.39, 0.29) is 5.92 Å². The first-order chi connectivity index (χ1) is 6.86. The third-order valence-electron chi connectivity index (χ3n) is 2.38. The Kier molecular flexibility index (Phi) is 5.40. The molecule has 0 spiro atoms. The van der Waals surface area contributed by atoms with Gasteiger partial charge in [0, 0.05) is 0 Å². The van der Waals surface area contributed by atoms with Crippen LogP contribution in [0.4, 0.5) is 13.2 Å². The van der Waals surface area contributed by atoms with Gasteiger partial charge in [0.1, 0.15) is 0 Å². The lowest BCUT2D eigenvalue weighted by Gasteiger charge is -2.13. The number of hydrogen-bond acceptors (Lipinski definition) is 0. The molecule has 86 valence electrons. The average molecular weight is 218 g/mol. The molecule has 3 heteroatoms. The van der Waals surface area contributed by atoms with E-state index < -0.39 is 11.7 Å². The van der Waals surface area contributed by atoms with Gasteiger partial charge in [-0.3, -0.25) is 0 Å². The highest BCUT2D eigenvalue weighted by Crippen LogP contribution is 2.29. The second kappa shape index (κ2) is 5.79. The zero-order valence-corrected chi connectivity index (χ0v) is 9.36. The number of allylic oxidation sites excluding steroid dienone is 5. The molecule has 0 aromatic heterocycles. The van der Waals surface area contributed by atoms with E-state index in [2.05, 4.69) is 6.58 Å². The summed E-state index contributed by atoms with van der Waals surface area (Å²) in [6, 6.07) is 0. The standard InChI is InChI=1S/C12H17F3/c1-5-9(4)10(6-2)8-11(7-3)12(13,14)15/h6-9H,3,5H2,1-2,4H3/b10-6+,11-8+. The van der Waals surface area contributed by atoms with Crippen LogP contribution in [0.15, 0.2) is 36.0 Å². The molecule has 1 atom stereocenters. The van der Waals surface area contributed by atoms with Crippen LogP contribution < -0.4 is 0 Å². The summed E-state index contributed by atoms with van der Waals surface area (Å²) in [5.74, 6) is 0.132. The molecule has 0 aliphatic carbocycles. The minimum absolute atomic E-state index is 0.132. The van der Waals surface area contributed by atoms with Crippen molar-refractivity contribution in [1.82, 2.24) is 0 Å². The molecule has 0 aliphatic rings. The second-order valence-corrected chi connectivity index (χ2v) is 3.40. The molecule has 0 aliphatic heterocycles. The smallest absolute Gasteiger partial charge is 0.166 e. The number of alkyl halides is 3. The van der Waals surface area contributed by atoms with Crippen molar-refractivity contribution in [3.63, 3.8) is 0 Å². The third kappa shape index (κ3) is 4.36. The molecule has 0 rings (SSSR count). The summed E-state index contributed by atoms with van der Waals surface area (Å²) in [6.45, 7) is 8.78. The van der Waals surface area contributed by atoms with E-state index in [1.54, 1.807) is 13.0 Å². The maximum Gasteiger partial charge on any atom is 0.416 e. The van der Waals surface area contributed by atoms with Crippen LogP contribution in [0.1, 0.15) is 27.2 Å². The monoisotopic (exact) mass is 218 g/mol. The maximum atomic E-state index is 12.4. The Morgan fingerprint density at radius 2 is 1.93 bits per heavy atom. The highest BCUT2D eigenvalue weighted by atomic mass is 19.4. The van der Waals surface area contributed by atoms with Gasteiger partial charge >= 0.3 is 6.18 Å². The van der Waals surface area contributed by atoms with Crippen molar-refractivity contribution in [1.29, 1.82) is 0 Å². The van der Waals surface area contributed by atoms with Gasteiger partial charge in [-0.1, -0.05) is 32.6 Å². The molecule has 1 unspecified atom stereocenters. The third-order valence-corrected chi connectivity index (χ3v) is 2.38. The summed E-state index contributed by atoms with van der Waals surface area (Å²) < 4.78 is 37.3. The lowest BCUT2D eigenvalue weighted by Crippen LogP contribution is -2.11. The van der Waals surface area contributed by atoms with Crippen molar-refractivity contribution in [3.05, 3.63) is 36.0 Å². The van der Waals surface area contributed by atoms with Gasteiger partial charge in [-0.05, 0) is 30.9 Å². The largest absolute Gasteiger partial charge is 0.416 e. The Labute approximate surface area is 89.2 Å². The van der Waals surface area contributed by atoms with E-state index in [0.29, 0.717) is 5.57 Å². The maximum absolute atomic E-state index is 12.4. The van der Waals surface area contributed by atoms with Crippen molar-refractivity contribution >= 4 is 0 Å². The quantitative estimate of drug-likeness (QED) is 0.602. The first-order valence-corrected chi connectivity index (χ1v) is 4.94. The van der Waals surface area contributed by atoms with E-state index in [1.807, 2.05) is 13.8 Å². The Morgan fingerprint density at radius 1 is 1.40 bits per heavy atom. The van der Waals surface area contributed by atoms with Crippen LogP contribution in [0, 0.1) is 5.92 Å². The minimum atomic E-state index is -4.32. The Bertz CT molecular complexity index is 269. The normalized spacial score (nSPS) is 16.4. The number of halogens is 3. The Hall–Kier alpha value is -0.990. The summed E-state index contributed by atoms with van der Waals surface area (Å²) in [6.07, 6.45) is 0.235. The fourth-order valence-corrected chi connectivity index (χ4v) is 1.18. The zero-order chi connectivity index (χ0) is 12.1. The lowest BCUT2D eigenvalue weighted by atomic mass is 9.96. The molecular formula is C12H17F3. The summed E-state index contributed by atoms with van der Waals surface area (Å²) >= 11 is 0. The van der Waals surface area contributed by atoms with E-state index >= 15 is 0 Å². The van der Waals surface area contributed by atoms with Gasteiger partial charge in [-0.15, -0.1) is 0 Å². The fraction of sp³-hybridized carbons (Fsp3) is 0.500. The van der Waals surface area contributed by atoms with Gasteiger partial charge in [-0.2, -0.15) is 13.2 Å². The fourth-order valence-electron chi connectivity index (χ4n) is 1.18. The summed E-state index contributed by atoms with van der Waals surface area (Å²) in [4.78, 5) is 0. The minimum Gasteiger partial charge on any atom is -0.166 e. The topological polar surface area (TPSA) is 0 Å². The van der Waals surface area contributed by atoms with Gasteiger partial charge in [-0.25, -0.2) is 0 Å². The molecule has 0 saturated carbocycles. The van der Waals surface area contributed by atoms with E-state index in [0.717, 1.165) is 12.5 Å².